The number of carbonyl (C=O) groups excluding carboxylic acids is 1. The fraction of sp³-hybridized carbons (Fsp3) is 0.350. The largest absolute Gasteiger partial charge is 0.493 e. The molecule has 0 saturated heterocycles. The summed E-state index contributed by atoms with van der Waals surface area (Å²) in [6, 6.07) is 10.3. The van der Waals surface area contributed by atoms with Crippen molar-refractivity contribution in [1.82, 2.24) is 4.90 Å². The maximum Gasteiger partial charge on any atom is 0.223 e. The number of halogens is 1. The summed E-state index contributed by atoms with van der Waals surface area (Å²) >= 11 is 0. The molecule has 0 fully saturated rings. The molecule has 0 aliphatic carbocycles. The van der Waals surface area contributed by atoms with Crippen molar-refractivity contribution in [3.63, 3.8) is 0 Å². The fourth-order valence-electron chi connectivity index (χ4n) is 3.20. The second-order valence-corrected chi connectivity index (χ2v) is 6.17. The smallest absolute Gasteiger partial charge is 0.223 e. The fourth-order valence-corrected chi connectivity index (χ4v) is 3.20. The number of amides is 1. The third-order valence-electron chi connectivity index (χ3n) is 4.59. The Balaban J connectivity index is 1.66. The number of rotatable bonds is 5. The Kier molecular flexibility index (Phi) is 5.22. The summed E-state index contributed by atoms with van der Waals surface area (Å²) in [4.78, 5) is 14.4. The summed E-state index contributed by atoms with van der Waals surface area (Å²) in [6.07, 6.45) is 1.72. The number of nitrogens with zero attached hydrogens (tertiary/aromatic N) is 1. The summed E-state index contributed by atoms with van der Waals surface area (Å²) < 4.78 is 23.9. The van der Waals surface area contributed by atoms with E-state index < -0.39 is 0 Å². The predicted molar refractivity (Wildman–Crippen MR) is 93.4 cm³/mol. The van der Waals surface area contributed by atoms with E-state index in [1.165, 1.54) is 17.7 Å². The highest BCUT2D eigenvalue weighted by Gasteiger charge is 2.22. The molecule has 0 atom stereocenters. The van der Waals surface area contributed by atoms with Gasteiger partial charge in [-0.1, -0.05) is 12.1 Å². The molecule has 132 valence electrons. The van der Waals surface area contributed by atoms with Crippen molar-refractivity contribution in [2.75, 3.05) is 20.8 Å². The zero-order valence-corrected chi connectivity index (χ0v) is 14.5. The van der Waals surface area contributed by atoms with E-state index in [4.69, 9.17) is 9.47 Å². The minimum atomic E-state index is -0.266. The van der Waals surface area contributed by atoms with Gasteiger partial charge in [-0.25, -0.2) is 4.39 Å². The van der Waals surface area contributed by atoms with Gasteiger partial charge in [0.05, 0.1) is 14.2 Å². The van der Waals surface area contributed by atoms with E-state index in [1.54, 1.807) is 20.3 Å². The van der Waals surface area contributed by atoms with E-state index in [0.717, 1.165) is 17.5 Å². The van der Waals surface area contributed by atoms with Crippen LogP contribution in [0.15, 0.2) is 36.4 Å². The van der Waals surface area contributed by atoms with Gasteiger partial charge in [0.1, 0.15) is 5.82 Å². The minimum absolute atomic E-state index is 0.0877. The van der Waals surface area contributed by atoms with Crippen LogP contribution in [-0.2, 0) is 24.2 Å². The average Bonchev–Trinajstić information content (AvgIpc) is 2.64. The van der Waals surface area contributed by atoms with Crippen LogP contribution in [-0.4, -0.2) is 31.6 Å². The third kappa shape index (κ3) is 3.92. The number of hydrogen-bond acceptors (Lipinski definition) is 3. The van der Waals surface area contributed by atoms with Gasteiger partial charge < -0.3 is 14.4 Å². The van der Waals surface area contributed by atoms with Crippen LogP contribution in [0, 0.1) is 5.82 Å². The van der Waals surface area contributed by atoms with Crippen molar-refractivity contribution in [1.29, 1.82) is 0 Å². The van der Waals surface area contributed by atoms with E-state index in [2.05, 4.69) is 0 Å². The Labute approximate surface area is 147 Å². The number of carbonyl (C=O) groups is 1. The van der Waals surface area contributed by atoms with E-state index in [0.29, 0.717) is 37.4 Å². The summed E-state index contributed by atoms with van der Waals surface area (Å²) in [7, 11) is 3.23. The molecule has 2 aromatic carbocycles. The lowest BCUT2D eigenvalue weighted by Crippen LogP contribution is -2.36. The van der Waals surface area contributed by atoms with Crippen molar-refractivity contribution in [3.05, 3.63) is 58.9 Å². The predicted octanol–water partition coefficient (Wildman–Crippen LogP) is 3.36. The van der Waals surface area contributed by atoms with Crippen LogP contribution in [0.1, 0.15) is 23.1 Å². The normalized spacial score (nSPS) is 13.3. The second kappa shape index (κ2) is 7.55. The van der Waals surface area contributed by atoms with Gasteiger partial charge in [0.25, 0.3) is 0 Å². The number of hydrogen-bond donors (Lipinski definition) is 0. The molecule has 1 aliphatic rings. The van der Waals surface area contributed by atoms with Crippen molar-refractivity contribution in [3.8, 4) is 11.5 Å². The van der Waals surface area contributed by atoms with Crippen LogP contribution in [0.2, 0.25) is 0 Å². The third-order valence-corrected chi connectivity index (χ3v) is 4.59. The lowest BCUT2D eigenvalue weighted by Gasteiger charge is -2.29. The Morgan fingerprint density at radius 2 is 1.84 bits per heavy atom. The van der Waals surface area contributed by atoms with Gasteiger partial charge in [0, 0.05) is 19.5 Å². The molecule has 3 rings (SSSR count). The van der Waals surface area contributed by atoms with Crippen LogP contribution >= 0.6 is 0 Å². The zero-order valence-electron chi connectivity index (χ0n) is 14.5. The molecular formula is C20H22FNO3. The molecule has 1 amide bonds. The van der Waals surface area contributed by atoms with Crippen LogP contribution in [0.4, 0.5) is 4.39 Å². The van der Waals surface area contributed by atoms with Gasteiger partial charge in [0.15, 0.2) is 11.5 Å². The van der Waals surface area contributed by atoms with E-state index in [-0.39, 0.29) is 11.7 Å². The first kappa shape index (κ1) is 17.3. The molecule has 0 radical (unpaired) electrons. The van der Waals surface area contributed by atoms with Gasteiger partial charge in [-0.15, -0.1) is 0 Å². The Hall–Kier alpha value is -2.56. The molecule has 0 saturated carbocycles. The number of benzene rings is 2. The van der Waals surface area contributed by atoms with Gasteiger partial charge in [-0.05, 0) is 53.8 Å². The first-order valence-corrected chi connectivity index (χ1v) is 8.36. The highest BCUT2D eigenvalue weighted by atomic mass is 19.1. The molecule has 2 aromatic rings. The SMILES string of the molecule is COc1cc2c(cc1OC)CN(C(=O)CCc1cccc(F)c1)CC2. The molecule has 0 spiro atoms. The van der Waals surface area contributed by atoms with Crippen LogP contribution in [0.5, 0.6) is 11.5 Å². The van der Waals surface area contributed by atoms with Crippen molar-refractivity contribution in [2.24, 2.45) is 0 Å². The quantitative estimate of drug-likeness (QED) is 0.836. The Bertz CT molecular complexity index is 776. The molecular weight excluding hydrogens is 321 g/mol. The van der Waals surface area contributed by atoms with Crippen LogP contribution < -0.4 is 9.47 Å². The number of ether oxygens (including phenoxy) is 2. The number of methoxy groups -OCH3 is 2. The van der Waals surface area contributed by atoms with Gasteiger partial charge >= 0.3 is 0 Å². The maximum atomic E-state index is 13.2. The standard InChI is InChI=1S/C20H22FNO3/c1-24-18-11-15-8-9-22(13-16(15)12-19(18)25-2)20(23)7-6-14-4-3-5-17(21)10-14/h3-5,10-12H,6-9,13H2,1-2H3. The van der Waals surface area contributed by atoms with Crippen molar-refractivity contribution in [2.45, 2.75) is 25.8 Å². The Morgan fingerprint density at radius 1 is 1.12 bits per heavy atom. The maximum absolute atomic E-state index is 13.2. The van der Waals surface area contributed by atoms with E-state index in [1.807, 2.05) is 23.1 Å². The van der Waals surface area contributed by atoms with Crippen LogP contribution in [0.3, 0.4) is 0 Å². The molecule has 4 nitrogen and oxygen atoms in total. The highest BCUT2D eigenvalue weighted by Crippen LogP contribution is 2.33. The average molecular weight is 343 g/mol. The molecule has 0 aromatic heterocycles. The van der Waals surface area contributed by atoms with Gasteiger partial charge in [-0.2, -0.15) is 0 Å². The molecule has 0 bridgehead atoms. The molecule has 1 heterocycles. The van der Waals surface area contributed by atoms with Crippen molar-refractivity contribution >= 4 is 5.91 Å². The minimum Gasteiger partial charge on any atom is -0.493 e. The molecule has 5 heteroatoms. The molecule has 0 N–H and O–H groups in total. The van der Waals surface area contributed by atoms with Crippen LogP contribution in [0.25, 0.3) is 0 Å². The molecule has 1 aliphatic heterocycles. The summed E-state index contributed by atoms with van der Waals surface area (Å²) in [5, 5.41) is 0. The second-order valence-electron chi connectivity index (χ2n) is 6.17. The zero-order chi connectivity index (χ0) is 17.8. The highest BCUT2D eigenvalue weighted by molar-refractivity contribution is 5.77. The lowest BCUT2D eigenvalue weighted by molar-refractivity contribution is -0.132. The van der Waals surface area contributed by atoms with E-state index in [9.17, 15) is 9.18 Å². The van der Waals surface area contributed by atoms with Gasteiger partial charge in [0.2, 0.25) is 5.91 Å². The summed E-state index contributed by atoms with van der Waals surface area (Å²) in [6.45, 7) is 1.25. The topological polar surface area (TPSA) is 38.8 Å². The Morgan fingerprint density at radius 3 is 2.52 bits per heavy atom. The van der Waals surface area contributed by atoms with Gasteiger partial charge in [-0.3, -0.25) is 4.79 Å². The molecule has 0 unspecified atom stereocenters. The number of fused-ring (bicyclic) bond motifs is 1. The lowest BCUT2D eigenvalue weighted by atomic mass is 9.98. The summed E-state index contributed by atoms with van der Waals surface area (Å²) in [5.74, 6) is 1.21. The summed E-state index contributed by atoms with van der Waals surface area (Å²) in [5.41, 5.74) is 3.12. The number of aryl methyl sites for hydroxylation is 1. The van der Waals surface area contributed by atoms with E-state index >= 15 is 0 Å². The van der Waals surface area contributed by atoms with Crippen molar-refractivity contribution < 1.29 is 18.7 Å². The first-order chi connectivity index (χ1) is 12.1. The molecule has 25 heavy (non-hydrogen) atoms. The first-order valence-electron chi connectivity index (χ1n) is 8.36. The monoisotopic (exact) mass is 343 g/mol.